The number of hydrazine groups is 1. The summed E-state index contributed by atoms with van der Waals surface area (Å²) in [6, 6.07) is 8.39. The minimum Gasteiger partial charge on any atom is -0.481 e. The molecule has 0 aliphatic rings. The van der Waals surface area contributed by atoms with E-state index in [2.05, 4.69) is 10.9 Å². The molecule has 0 saturated carbocycles. The maximum absolute atomic E-state index is 12.8. The quantitative estimate of drug-likeness (QED) is 0.846. The molecule has 0 aliphatic carbocycles. The Morgan fingerprint density at radius 3 is 2.41 bits per heavy atom. The van der Waals surface area contributed by atoms with Gasteiger partial charge in [-0.1, -0.05) is 0 Å². The van der Waals surface area contributed by atoms with Gasteiger partial charge in [0.15, 0.2) is 11.9 Å². The van der Waals surface area contributed by atoms with Crippen LogP contribution in [0.4, 0.5) is 4.39 Å². The average molecular weight is 306 g/mol. The minimum absolute atomic E-state index is 0.0879. The number of hydrogen-bond donors (Lipinski definition) is 2. The van der Waals surface area contributed by atoms with Gasteiger partial charge in [-0.05, 0) is 50.2 Å². The molecule has 0 fully saturated rings. The molecule has 1 aromatic carbocycles. The molecule has 22 heavy (non-hydrogen) atoms. The largest absolute Gasteiger partial charge is 0.481 e. The predicted octanol–water partition coefficient (Wildman–Crippen LogP) is 1.96. The minimum atomic E-state index is -0.871. The van der Waals surface area contributed by atoms with Crippen LogP contribution in [0, 0.1) is 12.7 Å². The van der Waals surface area contributed by atoms with Crippen LogP contribution in [0.2, 0.25) is 0 Å². The Morgan fingerprint density at radius 1 is 1.14 bits per heavy atom. The third-order valence-electron chi connectivity index (χ3n) is 2.76. The van der Waals surface area contributed by atoms with Gasteiger partial charge in [0, 0.05) is 0 Å². The maximum atomic E-state index is 12.8. The number of hydrogen-bond acceptors (Lipinski definition) is 4. The van der Waals surface area contributed by atoms with E-state index in [4.69, 9.17) is 9.15 Å². The van der Waals surface area contributed by atoms with E-state index in [1.807, 2.05) is 0 Å². The Morgan fingerprint density at radius 2 is 1.82 bits per heavy atom. The number of nitrogens with one attached hydrogen (secondary N) is 2. The molecule has 0 aliphatic heterocycles. The number of aryl methyl sites for hydroxylation is 1. The van der Waals surface area contributed by atoms with Gasteiger partial charge in [-0.25, -0.2) is 4.39 Å². The van der Waals surface area contributed by atoms with Crippen LogP contribution < -0.4 is 15.6 Å². The molecule has 1 aromatic heterocycles. The first-order chi connectivity index (χ1) is 10.5. The highest BCUT2D eigenvalue weighted by Crippen LogP contribution is 2.13. The second kappa shape index (κ2) is 6.75. The van der Waals surface area contributed by atoms with Crippen molar-refractivity contribution in [2.75, 3.05) is 0 Å². The van der Waals surface area contributed by atoms with Gasteiger partial charge < -0.3 is 9.15 Å². The number of benzene rings is 1. The van der Waals surface area contributed by atoms with Gasteiger partial charge in [-0.3, -0.25) is 20.4 Å². The summed E-state index contributed by atoms with van der Waals surface area (Å²) in [5, 5.41) is 0. The lowest BCUT2D eigenvalue weighted by atomic mass is 10.3. The first-order valence-corrected chi connectivity index (χ1v) is 6.54. The van der Waals surface area contributed by atoms with Crippen molar-refractivity contribution in [1.29, 1.82) is 0 Å². The summed E-state index contributed by atoms with van der Waals surface area (Å²) in [5.74, 6) is -0.506. The van der Waals surface area contributed by atoms with E-state index in [1.165, 1.54) is 37.3 Å². The van der Waals surface area contributed by atoms with E-state index in [0.717, 1.165) is 0 Å². The molecule has 0 bridgehead atoms. The lowest BCUT2D eigenvalue weighted by molar-refractivity contribution is -0.128. The van der Waals surface area contributed by atoms with Gasteiger partial charge in [-0.2, -0.15) is 0 Å². The van der Waals surface area contributed by atoms with Gasteiger partial charge in [-0.15, -0.1) is 0 Å². The van der Waals surface area contributed by atoms with Crippen molar-refractivity contribution in [3.63, 3.8) is 0 Å². The Kier molecular flexibility index (Phi) is 4.77. The zero-order chi connectivity index (χ0) is 16.1. The maximum Gasteiger partial charge on any atom is 0.305 e. The number of carbonyl (C=O) groups is 2. The Bertz CT molecular complexity index is 666. The standard InChI is InChI=1S/C15H15FN2O4/c1-9-3-8-13(21-9)15(20)18-17-14(19)10(2)22-12-6-4-11(16)5-7-12/h3-8,10H,1-2H3,(H,17,19)(H,18,20). The van der Waals surface area contributed by atoms with E-state index >= 15 is 0 Å². The van der Waals surface area contributed by atoms with Gasteiger partial charge in [0.25, 0.3) is 5.91 Å². The third kappa shape index (κ3) is 4.08. The summed E-state index contributed by atoms with van der Waals surface area (Å²) in [5.41, 5.74) is 4.44. The molecule has 7 heteroatoms. The fourth-order valence-corrected chi connectivity index (χ4v) is 1.61. The highest BCUT2D eigenvalue weighted by Gasteiger charge is 2.17. The molecule has 2 N–H and O–H groups in total. The molecule has 2 aromatic rings. The number of ether oxygens (including phenoxy) is 1. The van der Waals surface area contributed by atoms with Crippen LogP contribution in [-0.4, -0.2) is 17.9 Å². The van der Waals surface area contributed by atoms with Gasteiger partial charge in [0.1, 0.15) is 17.3 Å². The van der Waals surface area contributed by atoms with Crippen LogP contribution in [0.25, 0.3) is 0 Å². The number of rotatable bonds is 4. The summed E-state index contributed by atoms with van der Waals surface area (Å²) in [4.78, 5) is 23.5. The summed E-state index contributed by atoms with van der Waals surface area (Å²) in [6.45, 7) is 3.20. The summed E-state index contributed by atoms with van der Waals surface area (Å²) in [6.07, 6.45) is -0.871. The highest BCUT2D eigenvalue weighted by atomic mass is 19.1. The highest BCUT2D eigenvalue weighted by molar-refractivity contribution is 5.93. The van der Waals surface area contributed by atoms with Crippen LogP contribution in [0.15, 0.2) is 40.8 Å². The molecule has 1 unspecified atom stereocenters. The normalized spacial score (nSPS) is 11.6. The van der Waals surface area contributed by atoms with E-state index in [0.29, 0.717) is 11.5 Å². The van der Waals surface area contributed by atoms with Crippen LogP contribution in [0.1, 0.15) is 23.2 Å². The third-order valence-corrected chi connectivity index (χ3v) is 2.76. The molecule has 116 valence electrons. The summed E-state index contributed by atoms with van der Waals surface area (Å²) < 4.78 is 23.2. The fraction of sp³-hybridized carbons (Fsp3) is 0.200. The summed E-state index contributed by atoms with van der Waals surface area (Å²) in [7, 11) is 0. The fourth-order valence-electron chi connectivity index (χ4n) is 1.61. The van der Waals surface area contributed by atoms with Crippen molar-refractivity contribution in [3.8, 4) is 5.75 Å². The SMILES string of the molecule is Cc1ccc(C(=O)NNC(=O)C(C)Oc2ccc(F)cc2)o1. The topological polar surface area (TPSA) is 80.6 Å². The van der Waals surface area contributed by atoms with E-state index in [-0.39, 0.29) is 5.76 Å². The molecule has 0 saturated heterocycles. The Hall–Kier alpha value is -2.83. The lowest BCUT2D eigenvalue weighted by Crippen LogP contribution is -2.47. The zero-order valence-corrected chi connectivity index (χ0v) is 12.1. The van der Waals surface area contributed by atoms with Crippen molar-refractivity contribution in [3.05, 3.63) is 53.7 Å². The lowest BCUT2D eigenvalue weighted by Gasteiger charge is -2.14. The molecular formula is C15H15FN2O4. The number of halogens is 1. The van der Waals surface area contributed by atoms with Crippen LogP contribution >= 0.6 is 0 Å². The molecule has 2 amide bonds. The molecule has 1 atom stereocenters. The molecular weight excluding hydrogens is 291 g/mol. The van der Waals surface area contributed by atoms with Crippen molar-refractivity contribution < 1.29 is 23.1 Å². The Balaban J connectivity index is 1.83. The monoisotopic (exact) mass is 306 g/mol. The molecule has 6 nitrogen and oxygen atoms in total. The average Bonchev–Trinajstić information content (AvgIpc) is 2.93. The van der Waals surface area contributed by atoms with Crippen LogP contribution in [-0.2, 0) is 4.79 Å². The van der Waals surface area contributed by atoms with Gasteiger partial charge in [0.2, 0.25) is 0 Å². The summed E-state index contributed by atoms with van der Waals surface area (Å²) >= 11 is 0. The van der Waals surface area contributed by atoms with Gasteiger partial charge in [0.05, 0.1) is 0 Å². The first kappa shape index (κ1) is 15.6. The van der Waals surface area contributed by atoms with Crippen LogP contribution in [0.5, 0.6) is 5.75 Å². The molecule has 2 rings (SSSR count). The van der Waals surface area contributed by atoms with E-state index in [1.54, 1.807) is 13.0 Å². The Labute approximate surface area is 126 Å². The van der Waals surface area contributed by atoms with Crippen molar-refractivity contribution in [2.45, 2.75) is 20.0 Å². The predicted molar refractivity (Wildman–Crippen MR) is 75.5 cm³/mol. The van der Waals surface area contributed by atoms with Crippen LogP contribution in [0.3, 0.4) is 0 Å². The second-order valence-corrected chi connectivity index (χ2v) is 4.57. The molecule has 1 heterocycles. The molecule has 0 radical (unpaired) electrons. The first-order valence-electron chi connectivity index (χ1n) is 6.54. The molecule has 0 spiro atoms. The second-order valence-electron chi connectivity index (χ2n) is 4.57. The van der Waals surface area contributed by atoms with E-state index < -0.39 is 23.7 Å². The van der Waals surface area contributed by atoms with Crippen molar-refractivity contribution >= 4 is 11.8 Å². The van der Waals surface area contributed by atoms with Crippen molar-refractivity contribution in [1.82, 2.24) is 10.9 Å². The number of furan rings is 1. The number of carbonyl (C=O) groups excluding carboxylic acids is 2. The van der Waals surface area contributed by atoms with Crippen molar-refractivity contribution in [2.24, 2.45) is 0 Å². The zero-order valence-electron chi connectivity index (χ0n) is 12.1. The number of amides is 2. The van der Waals surface area contributed by atoms with E-state index in [9.17, 15) is 14.0 Å². The smallest absolute Gasteiger partial charge is 0.305 e. The van der Waals surface area contributed by atoms with Gasteiger partial charge >= 0.3 is 5.91 Å².